The number of para-hydroxylation sites is 1. The third-order valence-corrected chi connectivity index (χ3v) is 3.73. The van der Waals surface area contributed by atoms with Gasteiger partial charge >= 0.3 is 0 Å². The van der Waals surface area contributed by atoms with Crippen LogP contribution in [0.4, 0.5) is 0 Å². The molecule has 2 rings (SSSR count). The van der Waals surface area contributed by atoms with Crippen molar-refractivity contribution in [3.05, 3.63) is 29.8 Å². The van der Waals surface area contributed by atoms with Gasteiger partial charge in [0.2, 0.25) is 5.91 Å². The molecule has 0 bridgehead atoms. The topological polar surface area (TPSA) is 64.3 Å². The van der Waals surface area contributed by atoms with Gasteiger partial charge in [-0.3, -0.25) is 4.79 Å². The summed E-state index contributed by atoms with van der Waals surface area (Å²) in [7, 11) is 1.66. The van der Waals surface area contributed by atoms with Crippen LogP contribution in [0.15, 0.2) is 24.3 Å². The zero-order chi connectivity index (χ0) is 13.0. The number of hydrogen-bond donors (Lipinski definition) is 2. The van der Waals surface area contributed by atoms with E-state index in [1.54, 1.807) is 7.11 Å². The lowest BCUT2D eigenvalue weighted by atomic mass is 9.89. The first-order chi connectivity index (χ1) is 8.68. The largest absolute Gasteiger partial charge is 0.496 e. The number of hydrogen-bond acceptors (Lipinski definition) is 3. The van der Waals surface area contributed by atoms with Crippen molar-refractivity contribution in [1.29, 1.82) is 0 Å². The van der Waals surface area contributed by atoms with E-state index in [-0.39, 0.29) is 5.91 Å². The summed E-state index contributed by atoms with van der Waals surface area (Å²) in [6.07, 6.45) is 3.36. The van der Waals surface area contributed by atoms with Gasteiger partial charge in [-0.1, -0.05) is 18.2 Å². The zero-order valence-corrected chi connectivity index (χ0v) is 10.7. The molecule has 4 heteroatoms. The fraction of sp³-hybridized carbons (Fsp3) is 0.500. The average Bonchev–Trinajstić information content (AvgIpc) is 2.87. The molecule has 0 spiro atoms. The van der Waals surface area contributed by atoms with Crippen molar-refractivity contribution in [2.24, 2.45) is 5.73 Å². The molecule has 3 N–H and O–H groups in total. The van der Waals surface area contributed by atoms with E-state index in [1.165, 1.54) is 0 Å². The van der Waals surface area contributed by atoms with Gasteiger partial charge in [-0.15, -0.1) is 0 Å². The molecule has 0 aliphatic carbocycles. The van der Waals surface area contributed by atoms with Gasteiger partial charge in [-0.05, 0) is 43.9 Å². The molecule has 1 aliphatic heterocycles. The summed E-state index contributed by atoms with van der Waals surface area (Å²) in [6, 6.07) is 7.90. The molecule has 1 unspecified atom stereocenters. The molecule has 1 saturated heterocycles. The molecule has 98 valence electrons. The van der Waals surface area contributed by atoms with Crippen molar-refractivity contribution >= 4 is 5.91 Å². The third kappa shape index (κ3) is 2.48. The molecular formula is C14H20N2O2. The van der Waals surface area contributed by atoms with Crippen molar-refractivity contribution in [3.8, 4) is 5.75 Å². The van der Waals surface area contributed by atoms with Crippen LogP contribution < -0.4 is 15.8 Å². The summed E-state index contributed by atoms with van der Waals surface area (Å²) >= 11 is 0. The van der Waals surface area contributed by atoms with E-state index in [1.807, 2.05) is 24.3 Å². The Morgan fingerprint density at radius 2 is 2.28 bits per heavy atom. The number of ether oxygens (including phenoxy) is 1. The quantitative estimate of drug-likeness (QED) is 0.824. The summed E-state index contributed by atoms with van der Waals surface area (Å²) < 4.78 is 5.32. The van der Waals surface area contributed by atoms with Crippen LogP contribution in [0.5, 0.6) is 5.75 Å². The summed E-state index contributed by atoms with van der Waals surface area (Å²) in [5.41, 5.74) is 6.13. The number of rotatable bonds is 5. The molecule has 1 aromatic rings. The Labute approximate surface area is 108 Å². The highest BCUT2D eigenvalue weighted by Crippen LogP contribution is 2.27. The van der Waals surface area contributed by atoms with Crippen molar-refractivity contribution < 1.29 is 9.53 Å². The highest BCUT2D eigenvalue weighted by molar-refractivity contribution is 5.85. The third-order valence-electron chi connectivity index (χ3n) is 3.73. The predicted octanol–water partition coefficient (Wildman–Crippen LogP) is 1.24. The van der Waals surface area contributed by atoms with Gasteiger partial charge in [0.15, 0.2) is 0 Å². The molecule has 0 radical (unpaired) electrons. The van der Waals surface area contributed by atoms with Crippen LogP contribution in [-0.4, -0.2) is 25.1 Å². The minimum atomic E-state index is -0.527. The van der Waals surface area contributed by atoms with Gasteiger partial charge in [-0.2, -0.15) is 0 Å². The molecule has 1 heterocycles. The first kappa shape index (κ1) is 12.9. The van der Waals surface area contributed by atoms with Crippen LogP contribution in [0.25, 0.3) is 0 Å². The van der Waals surface area contributed by atoms with E-state index in [2.05, 4.69) is 5.32 Å². The normalized spacial score (nSPS) is 22.9. The molecule has 1 amide bonds. The second-order valence-electron chi connectivity index (χ2n) is 4.79. The van der Waals surface area contributed by atoms with Gasteiger partial charge in [0, 0.05) is 0 Å². The number of primary amides is 1. The van der Waals surface area contributed by atoms with E-state index >= 15 is 0 Å². The first-order valence-electron chi connectivity index (χ1n) is 6.35. The minimum absolute atomic E-state index is 0.241. The molecule has 0 aromatic heterocycles. The van der Waals surface area contributed by atoms with E-state index in [4.69, 9.17) is 10.5 Å². The van der Waals surface area contributed by atoms with Crippen molar-refractivity contribution in [2.45, 2.75) is 31.2 Å². The van der Waals surface area contributed by atoms with Gasteiger partial charge in [0.1, 0.15) is 5.75 Å². The second-order valence-corrected chi connectivity index (χ2v) is 4.79. The van der Waals surface area contributed by atoms with Crippen molar-refractivity contribution in [3.63, 3.8) is 0 Å². The van der Waals surface area contributed by atoms with Gasteiger partial charge < -0.3 is 15.8 Å². The predicted molar refractivity (Wildman–Crippen MR) is 70.5 cm³/mol. The summed E-state index contributed by atoms with van der Waals surface area (Å²) in [5.74, 6) is 0.630. The summed E-state index contributed by atoms with van der Waals surface area (Å²) in [6.45, 7) is 0.870. The minimum Gasteiger partial charge on any atom is -0.496 e. The Kier molecular flexibility index (Phi) is 3.87. The monoisotopic (exact) mass is 248 g/mol. The van der Waals surface area contributed by atoms with E-state index in [0.717, 1.165) is 43.5 Å². The van der Waals surface area contributed by atoms with Crippen LogP contribution in [0.2, 0.25) is 0 Å². The lowest BCUT2D eigenvalue weighted by Crippen LogP contribution is -2.51. The number of aryl methyl sites for hydroxylation is 1. The molecular weight excluding hydrogens is 228 g/mol. The Bertz CT molecular complexity index is 426. The van der Waals surface area contributed by atoms with Crippen LogP contribution >= 0.6 is 0 Å². The van der Waals surface area contributed by atoms with Crippen molar-refractivity contribution in [1.82, 2.24) is 5.32 Å². The fourth-order valence-electron chi connectivity index (χ4n) is 2.61. The average molecular weight is 248 g/mol. The summed E-state index contributed by atoms with van der Waals surface area (Å²) in [4.78, 5) is 11.6. The zero-order valence-electron chi connectivity index (χ0n) is 10.7. The first-order valence-corrected chi connectivity index (χ1v) is 6.35. The molecule has 1 aliphatic rings. The maximum Gasteiger partial charge on any atom is 0.237 e. The number of methoxy groups -OCH3 is 1. The van der Waals surface area contributed by atoms with Crippen LogP contribution in [0.3, 0.4) is 0 Å². The Hall–Kier alpha value is -1.55. The lowest BCUT2D eigenvalue weighted by Gasteiger charge is -2.26. The molecule has 1 aromatic carbocycles. The number of carbonyl (C=O) groups is 1. The highest BCUT2D eigenvalue weighted by Gasteiger charge is 2.38. The molecule has 18 heavy (non-hydrogen) atoms. The second kappa shape index (κ2) is 5.40. The summed E-state index contributed by atoms with van der Waals surface area (Å²) in [5, 5.41) is 3.26. The fourth-order valence-corrected chi connectivity index (χ4v) is 2.61. The number of nitrogens with two attached hydrogens (primary N) is 1. The maximum absolute atomic E-state index is 11.6. The lowest BCUT2D eigenvalue weighted by molar-refractivity contribution is -0.124. The van der Waals surface area contributed by atoms with Gasteiger partial charge in [0.25, 0.3) is 0 Å². The Morgan fingerprint density at radius 1 is 1.50 bits per heavy atom. The Balaban J connectivity index is 2.08. The van der Waals surface area contributed by atoms with Gasteiger partial charge in [-0.25, -0.2) is 0 Å². The van der Waals surface area contributed by atoms with E-state index in [9.17, 15) is 4.79 Å². The number of carbonyl (C=O) groups excluding carboxylic acids is 1. The standard InChI is InChI=1S/C14H20N2O2/c1-18-12-6-3-2-5-11(12)7-9-14(13(15)17)8-4-10-16-14/h2-3,5-6,16H,4,7-10H2,1H3,(H2,15,17). The molecule has 1 fully saturated rings. The molecule has 1 atom stereocenters. The van der Waals surface area contributed by atoms with Crippen LogP contribution in [0.1, 0.15) is 24.8 Å². The van der Waals surface area contributed by atoms with Crippen LogP contribution in [-0.2, 0) is 11.2 Å². The van der Waals surface area contributed by atoms with Crippen LogP contribution in [0, 0.1) is 0 Å². The van der Waals surface area contributed by atoms with Gasteiger partial charge in [0.05, 0.1) is 12.6 Å². The molecule has 4 nitrogen and oxygen atoms in total. The SMILES string of the molecule is COc1ccccc1CCC1(C(N)=O)CCCN1. The van der Waals surface area contributed by atoms with Crippen molar-refractivity contribution in [2.75, 3.05) is 13.7 Å². The molecule has 0 saturated carbocycles. The smallest absolute Gasteiger partial charge is 0.237 e. The Morgan fingerprint density at radius 3 is 2.89 bits per heavy atom. The number of benzene rings is 1. The highest BCUT2D eigenvalue weighted by atomic mass is 16.5. The maximum atomic E-state index is 11.6. The van der Waals surface area contributed by atoms with E-state index in [0.29, 0.717) is 0 Å². The number of amides is 1. The van der Waals surface area contributed by atoms with E-state index < -0.39 is 5.54 Å². The number of nitrogens with one attached hydrogen (secondary N) is 1.